The average molecular weight is 272 g/mol. The van der Waals surface area contributed by atoms with Crippen LogP contribution in [-0.2, 0) is 0 Å². The second-order valence-corrected chi connectivity index (χ2v) is 3.96. The topological polar surface area (TPSA) is 42.0 Å². The maximum absolute atomic E-state index is 10.6. The number of hydrogen-bond acceptors (Lipinski definition) is 3. The van der Waals surface area contributed by atoms with Crippen LogP contribution in [0.25, 0.3) is 11.1 Å². The van der Waals surface area contributed by atoms with E-state index in [1.807, 2.05) is 59.1 Å². The highest BCUT2D eigenvalue weighted by Gasteiger charge is 1.99. The zero-order valence-electron chi connectivity index (χ0n) is 13.0. The molecule has 108 valence electrons. The molecule has 0 fully saturated rings. The number of hydrogen-bond donors (Lipinski definition) is 1. The van der Waals surface area contributed by atoms with Crippen molar-refractivity contribution in [2.24, 2.45) is 0 Å². The van der Waals surface area contributed by atoms with Crippen LogP contribution >= 0.6 is 0 Å². The lowest BCUT2D eigenvalue weighted by molar-refractivity contribution is 0.111. The van der Waals surface area contributed by atoms with Crippen molar-refractivity contribution in [3.63, 3.8) is 0 Å². The predicted molar refractivity (Wildman–Crippen MR) is 86.1 cm³/mol. The number of nitrogens with one attached hydrogen (secondary N) is 1. The molecule has 1 aromatic heterocycles. The predicted octanol–water partition coefficient (Wildman–Crippen LogP) is 3.73. The number of aromatic nitrogens is 1. The minimum atomic E-state index is 0.467. The minimum absolute atomic E-state index is 0.467. The molecule has 0 unspecified atom stereocenters. The van der Waals surface area contributed by atoms with Crippen LogP contribution in [0.2, 0.25) is 0 Å². The molecule has 0 aliphatic carbocycles. The average Bonchev–Trinajstić information content (AvgIpc) is 2.50. The number of rotatable bonds is 2. The van der Waals surface area contributed by atoms with Crippen molar-refractivity contribution in [3.05, 3.63) is 53.9 Å². The van der Waals surface area contributed by atoms with Crippen LogP contribution in [0.3, 0.4) is 0 Å². The Bertz CT molecular complexity index is 510. The normalized spacial score (nSPS) is 8.65. The van der Waals surface area contributed by atoms with Gasteiger partial charge < -0.3 is 5.32 Å². The van der Waals surface area contributed by atoms with E-state index in [0.29, 0.717) is 5.69 Å². The van der Waals surface area contributed by atoms with E-state index in [1.165, 1.54) is 5.56 Å². The summed E-state index contributed by atoms with van der Waals surface area (Å²) in [6.45, 7) is 6.05. The Morgan fingerprint density at radius 1 is 1.05 bits per heavy atom. The molecule has 0 bridgehead atoms. The van der Waals surface area contributed by atoms with E-state index in [9.17, 15) is 4.79 Å². The van der Waals surface area contributed by atoms with Gasteiger partial charge in [-0.05, 0) is 44.3 Å². The number of carbonyl (C=O) groups is 1. The van der Waals surface area contributed by atoms with Crippen LogP contribution < -0.4 is 5.32 Å². The molecule has 1 aromatic carbocycles. The highest BCUT2D eigenvalue weighted by atomic mass is 16.1. The highest BCUT2D eigenvalue weighted by molar-refractivity contribution is 5.76. The summed E-state index contributed by atoms with van der Waals surface area (Å²) in [7, 11) is 3.75. The number of aryl methyl sites for hydroxylation is 1. The maximum Gasteiger partial charge on any atom is 0.168 e. The van der Waals surface area contributed by atoms with Gasteiger partial charge in [0.25, 0.3) is 0 Å². The van der Waals surface area contributed by atoms with Crippen molar-refractivity contribution in [3.8, 4) is 11.1 Å². The Morgan fingerprint density at radius 2 is 1.65 bits per heavy atom. The summed E-state index contributed by atoms with van der Waals surface area (Å²) in [5, 5.41) is 2.75. The zero-order valence-corrected chi connectivity index (χ0v) is 13.0. The summed E-state index contributed by atoms with van der Waals surface area (Å²) in [4.78, 5) is 14.5. The van der Waals surface area contributed by atoms with Crippen molar-refractivity contribution < 1.29 is 4.79 Å². The van der Waals surface area contributed by atoms with Gasteiger partial charge in [0.2, 0.25) is 0 Å². The summed E-state index contributed by atoms with van der Waals surface area (Å²) in [5.74, 6) is 0. The van der Waals surface area contributed by atoms with Crippen molar-refractivity contribution in [1.29, 1.82) is 0 Å². The van der Waals surface area contributed by atoms with Crippen molar-refractivity contribution in [2.45, 2.75) is 20.8 Å². The van der Waals surface area contributed by atoms with Crippen LogP contribution in [0.5, 0.6) is 0 Å². The Kier molecular flexibility index (Phi) is 9.79. The lowest BCUT2D eigenvalue weighted by Crippen LogP contribution is -1.89. The molecule has 1 N–H and O–H groups in total. The van der Waals surface area contributed by atoms with E-state index in [2.05, 4.69) is 16.4 Å². The van der Waals surface area contributed by atoms with Gasteiger partial charge >= 0.3 is 0 Å². The van der Waals surface area contributed by atoms with Crippen LogP contribution in [0.15, 0.2) is 42.6 Å². The van der Waals surface area contributed by atoms with E-state index in [0.717, 1.165) is 17.4 Å². The largest absolute Gasteiger partial charge is 0.323 e. The summed E-state index contributed by atoms with van der Waals surface area (Å²) in [5.41, 5.74) is 3.81. The minimum Gasteiger partial charge on any atom is -0.323 e. The molecule has 0 aliphatic heterocycles. The van der Waals surface area contributed by atoms with Crippen molar-refractivity contribution >= 4 is 6.29 Å². The van der Waals surface area contributed by atoms with Gasteiger partial charge in [-0.1, -0.05) is 43.7 Å². The second-order valence-electron chi connectivity index (χ2n) is 3.96. The molecule has 0 aliphatic rings. The van der Waals surface area contributed by atoms with Crippen molar-refractivity contribution in [2.75, 3.05) is 14.1 Å². The second kappa shape index (κ2) is 10.9. The van der Waals surface area contributed by atoms with Gasteiger partial charge in [0.05, 0.1) is 0 Å². The van der Waals surface area contributed by atoms with Gasteiger partial charge in [-0.15, -0.1) is 0 Å². The first-order valence-corrected chi connectivity index (χ1v) is 6.78. The Balaban J connectivity index is 0.000000641. The molecule has 1 heterocycles. The lowest BCUT2D eigenvalue weighted by atomic mass is 10.0. The summed E-state index contributed by atoms with van der Waals surface area (Å²) >= 11 is 0. The smallest absolute Gasteiger partial charge is 0.168 e. The Hall–Kier alpha value is -2.00. The standard InChI is InChI=1S/C13H11NO.C2H7N.C2H6/c1-10-3-2-4-11(7-10)12-5-6-14-13(8-12)9-15;1-3-2;1-2/h2-9H,1H3;3H,1-2H3;1-2H3. The number of carbonyl (C=O) groups excluding carboxylic acids is 1. The van der Waals surface area contributed by atoms with Gasteiger partial charge in [-0.25, -0.2) is 0 Å². The fourth-order valence-corrected chi connectivity index (χ4v) is 1.52. The first kappa shape index (κ1) is 18.0. The molecule has 0 saturated heterocycles. The fraction of sp³-hybridized carbons (Fsp3) is 0.294. The SMILES string of the molecule is CC.CNC.Cc1cccc(-c2ccnc(C=O)c2)c1. The molecule has 2 aromatic rings. The summed E-state index contributed by atoms with van der Waals surface area (Å²) in [6.07, 6.45) is 2.42. The van der Waals surface area contributed by atoms with Crippen LogP contribution in [0.4, 0.5) is 0 Å². The summed E-state index contributed by atoms with van der Waals surface area (Å²) < 4.78 is 0. The van der Waals surface area contributed by atoms with Gasteiger partial charge in [0.1, 0.15) is 5.69 Å². The third kappa shape index (κ3) is 6.25. The molecule has 0 atom stereocenters. The molecule has 2 rings (SSSR count). The zero-order chi connectivity index (χ0) is 15.4. The quantitative estimate of drug-likeness (QED) is 0.847. The molecule has 0 radical (unpaired) electrons. The monoisotopic (exact) mass is 272 g/mol. The molecule has 3 heteroatoms. The molecule has 0 amide bonds. The van der Waals surface area contributed by atoms with Crippen molar-refractivity contribution in [1.82, 2.24) is 10.3 Å². The Labute approximate surface area is 122 Å². The van der Waals surface area contributed by atoms with Gasteiger partial charge in [0.15, 0.2) is 6.29 Å². The molecular weight excluding hydrogens is 248 g/mol. The Morgan fingerprint density at radius 3 is 2.20 bits per heavy atom. The highest BCUT2D eigenvalue weighted by Crippen LogP contribution is 2.19. The summed E-state index contributed by atoms with van der Waals surface area (Å²) in [6, 6.07) is 11.9. The van der Waals surface area contributed by atoms with Gasteiger partial charge in [-0.3, -0.25) is 9.78 Å². The van der Waals surface area contributed by atoms with Gasteiger partial charge in [-0.2, -0.15) is 0 Å². The first-order valence-electron chi connectivity index (χ1n) is 6.78. The first-order chi connectivity index (χ1) is 9.71. The fourth-order valence-electron chi connectivity index (χ4n) is 1.52. The number of nitrogens with zero attached hydrogens (tertiary/aromatic N) is 1. The number of aldehydes is 1. The third-order valence-electron chi connectivity index (χ3n) is 2.25. The molecular formula is C17H24N2O. The van der Waals surface area contributed by atoms with Crippen LogP contribution in [0.1, 0.15) is 29.9 Å². The van der Waals surface area contributed by atoms with Gasteiger partial charge in [0, 0.05) is 6.20 Å². The molecule has 0 spiro atoms. The van der Waals surface area contributed by atoms with E-state index in [4.69, 9.17) is 0 Å². The molecule has 3 nitrogen and oxygen atoms in total. The van der Waals surface area contributed by atoms with Crippen LogP contribution in [0, 0.1) is 6.92 Å². The van der Waals surface area contributed by atoms with E-state index in [-0.39, 0.29) is 0 Å². The number of pyridine rings is 1. The molecule has 20 heavy (non-hydrogen) atoms. The van der Waals surface area contributed by atoms with Crippen LogP contribution in [-0.4, -0.2) is 25.4 Å². The number of benzene rings is 1. The lowest BCUT2D eigenvalue weighted by Gasteiger charge is -2.02. The maximum atomic E-state index is 10.6. The molecule has 0 saturated carbocycles. The van der Waals surface area contributed by atoms with E-state index < -0.39 is 0 Å². The third-order valence-corrected chi connectivity index (χ3v) is 2.25. The van der Waals surface area contributed by atoms with E-state index >= 15 is 0 Å². The van der Waals surface area contributed by atoms with E-state index in [1.54, 1.807) is 12.3 Å².